The van der Waals surface area contributed by atoms with Gasteiger partial charge in [-0.3, -0.25) is 9.59 Å². The second-order valence-corrected chi connectivity index (χ2v) is 10.5. The van der Waals surface area contributed by atoms with Crippen molar-refractivity contribution in [3.63, 3.8) is 0 Å². The SMILES string of the molecule is COc1ccccc1C(=O)NCc1ccc(-c2nn(C3CC(C)(C)OC(C)(C)C3)c(N)c2C=O)cc1. The van der Waals surface area contributed by atoms with Gasteiger partial charge in [0.05, 0.1) is 35.5 Å². The highest BCUT2D eigenvalue weighted by molar-refractivity contribution is 5.97. The van der Waals surface area contributed by atoms with Gasteiger partial charge in [0, 0.05) is 12.1 Å². The van der Waals surface area contributed by atoms with Gasteiger partial charge < -0.3 is 20.5 Å². The first-order valence-corrected chi connectivity index (χ1v) is 12.1. The Bertz CT molecular complexity index is 1250. The molecule has 0 unspecified atom stereocenters. The van der Waals surface area contributed by atoms with Crippen molar-refractivity contribution < 1.29 is 19.1 Å². The number of hydrogen-bond donors (Lipinski definition) is 2. The Labute approximate surface area is 211 Å². The van der Waals surface area contributed by atoms with Gasteiger partial charge >= 0.3 is 0 Å². The first-order valence-electron chi connectivity index (χ1n) is 12.1. The Morgan fingerprint density at radius 1 is 1.14 bits per heavy atom. The Kier molecular flexibility index (Phi) is 6.91. The quantitative estimate of drug-likeness (QED) is 0.461. The van der Waals surface area contributed by atoms with Crippen molar-refractivity contribution in [1.29, 1.82) is 0 Å². The number of aldehydes is 1. The lowest BCUT2D eigenvalue weighted by Crippen LogP contribution is -2.46. The molecule has 1 aromatic heterocycles. The number of carbonyl (C=O) groups excluding carboxylic acids is 2. The van der Waals surface area contributed by atoms with Gasteiger partial charge in [-0.05, 0) is 58.2 Å². The number of nitrogens with zero attached hydrogens (tertiary/aromatic N) is 2. The third-order valence-electron chi connectivity index (χ3n) is 6.49. The van der Waals surface area contributed by atoms with E-state index in [9.17, 15) is 9.59 Å². The molecule has 1 amide bonds. The number of benzene rings is 2. The van der Waals surface area contributed by atoms with Gasteiger partial charge in [0.2, 0.25) is 0 Å². The van der Waals surface area contributed by atoms with Gasteiger partial charge in [-0.1, -0.05) is 36.4 Å². The summed E-state index contributed by atoms with van der Waals surface area (Å²) in [5, 5.41) is 7.71. The Morgan fingerprint density at radius 2 is 1.78 bits per heavy atom. The third-order valence-corrected chi connectivity index (χ3v) is 6.49. The van der Waals surface area contributed by atoms with Gasteiger partial charge in [0.25, 0.3) is 5.91 Å². The summed E-state index contributed by atoms with van der Waals surface area (Å²) in [4.78, 5) is 24.6. The molecule has 8 nitrogen and oxygen atoms in total. The molecule has 1 fully saturated rings. The molecule has 1 aliphatic rings. The highest BCUT2D eigenvalue weighted by Crippen LogP contribution is 2.42. The summed E-state index contributed by atoms with van der Waals surface area (Å²) >= 11 is 0. The fourth-order valence-electron chi connectivity index (χ4n) is 5.17. The predicted octanol–water partition coefficient (Wildman–Crippen LogP) is 4.79. The molecule has 4 rings (SSSR count). The van der Waals surface area contributed by atoms with Crippen molar-refractivity contribution in [2.24, 2.45) is 0 Å². The molecular weight excluding hydrogens is 456 g/mol. The fraction of sp³-hybridized carbons (Fsp3) is 0.393. The molecule has 0 aliphatic carbocycles. The van der Waals surface area contributed by atoms with Crippen molar-refractivity contribution in [1.82, 2.24) is 15.1 Å². The number of amides is 1. The number of anilines is 1. The van der Waals surface area contributed by atoms with E-state index in [1.807, 2.05) is 30.3 Å². The maximum absolute atomic E-state index is 12.6. The monoisotopic (exact) mass is 490 g/mol. The average molecular weight is 491 g/mol. The van der Waals surface area contributed by atoms with Crippen LogP contribution in [0, 0.1) is 0 Å². The number of ether oxygens (including phenoxy) is 2. The highest BCUT2D eigenvalue weighted by Gasteiger charge is 2.41. The van der Waals surface area contributed by atoms with Crippen LogP contribution in [0.3, 0.4) is 0 Å². The van der Waals surface area contributed by atoms with Crippen molar-refractivity contribution in [2.75, 3.05) is 12.8 Å². The molecule has 3 N–H and O–H groups in total. The molecule has 2 aromatic carbocycles. The zero-order valence-corrected chi connectivity index (χ0v) is 21.5. The Hall–Kier alpha value is -3.65. The van der Waals surface area contributed by atoms with E-state index in [2.05, 4.69) is 33.0 Å². The van der Waals surface area contributed by atoms with Crippen LogP contribution in [0.4, 0.5) is 5.82 Å². The lowest BCUT2D eigenvalue weighted by molar-refractivity contribution is -0.170. The van der Waals surface area contributed by atoms with Crippen molar-refractivity contribution in [3.05, 3.63) is 65.2 Å². The van der Waals surface area contributed by atoms with Crippen LogP contribution in [-0.4, -0.2) is 40.3 Å². The van der Waals surface area contributed by atoms with Crippen molar-refractivity contribution in [2.45, 2.75) is 64.3 Å². The summed E-state index contributed by atoms with van der Waals surface area (Å²) in [5.41, 5.74) is 8.87. The van der Waals surface area contributed by atoms with E-state index < -0.39 is 0 Å². The summed E-state index contributed by atoms with van der Waals surface area (Å²) in [6, 6.07) is 14.7. The van der Waals surface area contributed by atoms with Crippen LogP contribution >= 0.6 is 0 Å². The maximum atomic E-state index is 12.6. The van der Waals surface area contributed by atoms with Crippen molar-refractivity contribution >= 4 is 18.0 Å². The summed E-state index contributed by atoms with van der Waals surface area (Å²) in [5.74, 6) is 0.677. The maximum Gasteiger partial charge on any atom is 0.255 e. The molecule has 3 aromatic rings. The van der Waals surface area contributed by atoms with E-state index >= 15 is 0 Å². The molecular formula is C28H34N4O4. The van der Waals surface area contributed by atoms with Crippen LogP contribution in [0.2, 0.25) is 0 Å². The minimum atomic E-state index is -0.331. The van der Waals surface area contributed by atoms with Gasteiger partial charge in [-0.15, -0.1) is 0 Å². The second-order valence-electron chi connectivity index (χ2n) is 10.5. The minimum Gasteiger partial charge on any atom is -0.496 e. The normalized spacial score (nSPS) is 16.9. The van der Waals surface area contributed by atoms with Crippen LogP contribution in [0.5, 0.6) is 5.75 Å². The zero-order chi connectivity index (χ0) is 26.1. The molecule has 0 radical (unpaired) electrons. The number of nitrogens with two attached hydrogens (primary N) is 1. The van der Waals surface area contributed by atoms with E-state index in [4.69, 9.17) is 20.3 Å². The Morgan fingerprint density at radius 3 is 2.39 bits per heavy atom. The van der Waals surface area contributed by atoms with E-state index in [1.165, 1.54) is 7.11 Å². The lowest BCUT2D eigenvalue weighted by Gasteiger charge is -2.45. The molecule has 190 valence electrons. The van der Waals surface area contributed by atoms with Crippen LogP contribution in [0.15, 0.2) is 48.5 Å². The van der Waals surface area contributed by atoms with Gasteiger partial charge in [-0.25, -0.2) is 4.68 Å². The number of para-hydroxylation sites is 1. The number of rotatable bonds is 7. The summed E-state index contributed by atoms with van der Waals surface area (Å²) in [6.07, 6.45) is 2.25. The summed E-state index contributed by atoms with van der Waals surface area (Å²) < 4.78 is 13.3. The molecule has 2 heterocycles. The van der Waals surface area contributed by atoms with Crippen LogP contribution in [0.25, 0.3) is 11.3 Å². The molecule has 0 saturated carbocycles. The number of hydrogen-bond acceptors (Lipinski definition) is 6. The first-order chi connectivity index (χ1) is 17.0. The number of methoxy groups -OCH3 is 1. The number of carbonyl (C=O) groups is 2. The molecule has 1 saturated heterocycles. The van der Waals surface area contributed by atoms with Gasteiger partial charge in [0.15, 0.2) is 6.29 Å². The minimum absolute atomic E-state index is 0.0145. The standard InChI is InChI=1S/C28H34N4O4/c1-27(2)14-20(15-28(3,4)36-27)32-25(29)22(17-33)24(31-32)19-12-10-18(11-13-19)16-30-26(34)21-8-6-7-9-23(21)35-5/h6-13,17,20H,14-16,29H2,1-5H3,(H,30,34). The molecule has 0 bridgehead atoms. The summed E-state index contributed by atoms with van der Waals surface area (Å²) in [7, 11) is 1.54. The first kappa shape index (κ1) is 25.4. The molecule has 36 heavy (non-hydrogen) atoms. The van der Waals surface area contributed by atoms with Crippen molar-refractivity contribution in [3.8, 4) is 17.0 Å². The number of nitrogens with one attached hydrogen (secondary N) is 1. The van der Waals surface area contributed by atoms with Crippen LogP contribution < -0.4 is 15.8 Å². The van der Waals surface area contributed by atoms with Gasteiger partial charge in [-0.2, -0.15) is 5.10 Å². The smallest absolute Gasteiger partial charge is 0.255 e. The summed E-state index contributed by atoms with van der Waals surface area (Å²) in [6.45, 7) is 8.60. The van der Waals surface area contributed by atoms with Crippen LogP contribution in [-0.2, 0) is 11.3 Å². The molecule has 0 spiro atoms. The average Bonchev–Trinajstić information content (AvgIpc) is 3.17. The number of nitrogen functional groups attached to an aromatic ring is 1. The van der Waals surface area contributed by atoms with E-state index in [1.54, 1.807) is 22.9 Å². The molecule has 0 atom stereocenters. The molecule has 1 aliphatic heterocycles. The highest BCUT2D eigenvalue weighted by atomic mass is 16.5. The zero-order valence-electron chi connectivity index (χ0n) is 21.5. The lowest BCUT2D eigenvalue weighted by atomic mass is 9.85. The number of aromatic nitrogens is 2. The fourth-order valence-corrected chi connectivity index (χ4v) is 5.17. The topological polar surface area (TPSA) is 108 Å². The second kappa shape index (κ2) is 9.78. The van der Waals surface area contributed by atoms with Crippen LogP contribution in [0.1, 0.15) is 72.9 Å². The van der Waals surface area contributed by atoms with E-state index in [0.29, 0.717) is 34.9 Å². The van der Waals surface area contributed by atoms with E-state index in [-0.39, 0.29) is 23.2 Å². The Balaban J connectivity index is 1.53. The van der Waals surface area contributed by atoms with E-state index in [0.717, 1.165) is 30.3 Å². The third kappa shape index (κ3) is 5.28. The van der Waals surface area contributed by atoms with Gasteiger partial charge in [0.1, 0.15) is 17.3 Å². The molecule has 8 heteroatoms. The largest absolute Gasteiger partial charge is 0.496 e. The predicted molar refractivity (Wildman–Crippen MR) is 139 cm³/mol.